The van der Waals surface area contributed by atoms with Crippen molar-refractivity contribution in [3.05, 3.63) is 129 Å². The number of hydrazone groups is 1. The normalized spacial score (nSPS) is 11.0. The van der Waals surface area contributed by atoms with Crippen molar-refractivity contribution in [1.29, 1.82) is 0 Å². The maximum atomic E-state index is 13.2. The Hall–Kier alpha value is -3.65. The van der Waals surface area contributed by atoms with Crippen molar-refractivity contribution in [2.45, 2.75) is 19.4 Å². The third-order valence-corrected chi connectivity index (χ3v) is 6.28. The first kappa shape index (κ1) is 25.4. The third kappa shape index (κ3) is 6.73. The van der Waals surface area contributed by atoms with Gasteiger partial charge in [0.05, 0.1) is 22.3 Å². The van der Waals surface area contributed by atoms with Crippen LogP contribution in [0.15, 0.2) is 108 Å². The van der Waals surface area contributed by atoms with Crippen molar-refractivity contribution in [3.63, 3.8) is 0 Å². The molecule has 4 aromatic carbocycles. The number of benzene rings is 4. The molecule has 1 amide bonds. The minimum Gasteiger partial charge on any atom is -0.490 e. The van der Waals surface area contributed by atoms with Crippen LogP contribution in [-0.4, -0.2) is 18.7 Å². The highest BCUT2D eigenvalue weighted by Crippen LogP contribution is 2.34. The molecule has 182 valence electrons. The summed E-state index contributed by atoms with van der Waals surface area (Å²) in [7, 11) is 0. The molecular weight excluding hydrogens is 563 g/mol. The van der Waals surface area contributed by atoms with Crippen LogP contribution in [0.4, 0.5) is 0 Å². The average Bonchev–Trinajstić information content (AvgIpc) is 2.90. The topological polar surface area (TPSA) is 59.9 Å². The Labute approximate surface area is 225 Å². The fraction of sp³-hybridized carbons (Fsp3) is 0.133. The van der Waals surface area contributed by atoms with Gasteiger partial charge in [-0.1, -0.05) is 91.0 Å². The quantitative estimate of drug-likeness (QED) is 0.130. The zero-order valence-corrected chi connectivity index (χ0v) is 22.1. The number of halogens is 1. The van der Waals surface area contributed by atoms with Crippen LogP contribution in [0.5, 0.6) is 11.5 Å². The molecule has 1 N–H and O–H groups in total. The monoisotopic (exact) mass is 590 g/mol. The second kappa shape index (κ2) is 12.9. The number of hydrogen-bond acceptors (Lipinski definition) is 4. The summed E-state index contributed by atoms with van der Waals surface area (Å²) >= 11 is 2.23. The standard InChI is InChI=1S/C30H27IN2O3/c1-2-35-27-19-23(18-26(31)29(27)36-21-22-12-6-3-7-13-22)20-32-33-30(34)28(24-14-8-4-9-15-24)25-16-10-5-11-17-25/h3-20,28H,2,21H2,1H3,(H,33,34)/b32-20+. The molecule has 0 bridgehead atoms. The fourth-order valence-electron chi connectivity index (χ4n) is 3.82. The third-order valence-electron chi connectivity index (χ3n) is 5.47. The highest BCUT2D eigenvalue weighted by Gasteiger charge is 2.22. The van der Waals surface area contributed by atoms with Crippen molar-refractivity contribution < 1.29 is 14.3 Å². The van der Waals surface area contributed by atoms with Crippen molar-refractivity contribution in [1.82, 2.24) is 5.43 Å². The summed E-state index contributed by atoms with van der Waals surface area (Å²) in [5.41, 5.74) is 6.41. The number of ether oxygens (including phenoxy) is 2. The molecular formula is C30H27IN2O3. The zero-order chi connectivity index (χ0) is 25.2. The van der Waals surface area contributed by atoms with Gasteiger partial charge in [0.15, 0.2) is 11.5 Å². The Bertz CT molecular complexity index is 1260. The lowest BCUT2D eigenvalue weighted by molar-refractivity contribution is -0.121. The molecule has 0 fully saturated rings. The summed E-state index contributed by atoms with van der Waals surface area (Å²) in [6.45, 7) is 2.88. The summed E-state index contributed by atoms with van der Waals surface area (Å²) < 4.78 is 12.8. The highest BCUT2D eigenvalue weighted by atomic mass is 127. The number of carbonyl (C=O) groups is 1. The molecule has 0 radical (unpaired) electrons. The molecule has 6 heteroatoms. The van der Waals surface area contributed by atoms with E-state index in [4.69, 9.17) is 9.47 Å². The predicted molar refractivity (Wildman–Crippen MR) is 152 cm³/mol. The first-order chi connectivity index (χ1) is 17.7. The molecule has 4 aromatic rings. The molecule has 0 aliphatic rings. The Morgan fingerprint density at radius 2 is 1.47 bits per heavy atom. The van der Waals surface area contributed by atoms with Gasteiger partial charge in [-0.2, -0.15) is 5.10 Å². The Kier molecular flexibility index (Phi) is 9.10. The molecule has 0 saturated heterocycles. The van der Waals surface area contributed by atoms with Gasteiger partial charge >= 0.3 is 0 Å². The van der Waals surface area contributed by atoms with Crippen LogP contribution >= 0.6 is 22.6 Å². The van der Waals surface area contributed by atoms with E-state index in [1.54, 1.807) is 6.21 Å². The van der Waals surface area contributed by atoms with Gasteiger partial charge in [-0.3, -0.25) is 4.79 Å². The molecule has 0 saturated carbocycles. The number of nitrogens with one attached hydrogen (secondary N) is 1. The van der Waals surface area contributed by atoms with Gasteiger partial charge in [-0.15, -0.1) is 0 Å². The van der Waals surface area contributed by atoms with Crippen LogP contribution in [0.2, 0.25) is 0 Å². The van der Waals surface area contributed by atoms with Gasteiger partial charge in [0.25, 0.3) is 5.91 Å². The second-order valence-electron chi connectivity index (χ2n) is 8.03. The minimum absolute atomic E-state index is 0.203. The summed E-state index contributed by atoms with van der Waals surface area (Å²) in [5, 5.41) is 4.25. The zero-order valence-electron chi connectivity index (χ0n) is 19.9. The van der Waals surface area contributed by atoms with Crippen LogP contribution in [0.25, 0.3) is 0 Å². The molecule has 0 spiro atoms. The maximum absolute atomic E-state index is 13.2. The lowest BCUT2D eigenvalue weighted by Crippen LogP contribution is -2.26. The first-order valence-corrected chi connectivity index (χ1v) is 12.8. The number of amides is 1. The summed E-state index contributed by atoms with van der Waals surface area (Å²) in [6.07, 6.45) is 1.62. The van der Waals surface area contributed by atoms with Gasteiger partial charge in [0, 0.05) is 0 Å². The van der Waals surface area contributed by atoms with Crippen LogP contribution in [0.3, 0.4) is 0 Å². The predicted octanol–water partition coefficient (Wildman–Crippen LogP) is 6.55. The van der Waals surface area contributed by atoms with E-state index in [-0.39, 0.29) is 5.91 Å². The van der Waals surface area contributed by atoms with Crippen LogP contribution in [0, 0.1) is 3.57 Å². The summed E-state index contributed by atoms with van der Waals surface area (Å²) in [4.78, 5) is 13.2. The molecule has 0 unspecified atom stereocenters. The molecule has 0 aliphatic heterocycles. The Morgan fingerprint density at radius 1 is 0.889 bits per heavy atom. The van der Waals surface area contributed by atoms with Gasteiger partial charge in [0.1, 0.15) is 6.61 Å². The number of rotatable bonds is 10. The van der Waals surface area contributed by atoms with Crippen LogP contribution in [0.1, 0.15) is 35.1 Å². The molecule has 5 nitrogen and oxygen atoms in total. The molecule has 36 heavy (non-hydrogen) atoms. The van der Waals surface area contributed by atoms with Gasteiger partial charge in [-0.25, -0.2) is 5.43 Å². The smallest absolute Gasteiger partial charge is 0.252 e. The van der Waals surface area contributed by atoms with Crippen LogP contribution < -0.4 is 14.9 Å². The van der Waals surface area contributed by atoms with E-state index >= 15 is 0 Å². The number of nitrogens with zero attached hydrogens (tertiary/aromatic N) is 1. The van der Waals surface area contributed by atoms with E-state index in [9.17, 15) is 4.79 Å². The molecule has 0 aliphatic carbocycles. The summed E-state index contributed by atoms with van der Waals surface area (Å²) in [5.74, 6) is 0.666. The average molecular weight is 590 g/mol. The van der Waals surface area contributed by atoms with Crippen LogP contribution in [-0.2, 0) is 11.4 Å². The van der Waals surface area contributed by atoms with Crippen molar-refractivity contribution in [3.8, 4) is 11.5 Å². The Morgan fingerprint density at radius 3 is 2.06 bits per heavy atom. The maximum Gasteiger partial charge on any atom is 0.252 e. The first-order valence-electron chi connectivity index (χ1n) is 11.7. The van der Waals surface area contributed by atoms with E-state index in [1.165, 1.54) is 0 Å². The molecule has 0 aromatic heterocycles. The van der Waals surface area contributed by atoms with E-state index in [2.05, 4.69) is 33.1 Å². The SMILES string of the molecule is CCOc1cc(/C=N/NC(=O)C(c2ccccc2)c2ccccc2)cc(I)c1OCc1ccccc1. The van der Waals surface area contributed by atoms with Crippen molar-refractivity contribution >= 4 is 34.7 Å². The summed E-state index contributed by atoms with van der Waals surface area (Å²) in [6, 6.07) is 33.2. The van der Waals surface area contributed by atoms with Gasteiger partial charge in [0.2, 0.25) is 0 Å². The lowest BCUT2D eigenvalue weighted by Gasteiger charge is -2.16. The lowest BCUT2D eigenvalue weighted by atomic mass is 9.91. The fourth-order valence-corrected chi connectivity index (χ4v) is 4.60. The number of carbonyl (C=O) groups excluding carboxylic acids is 1. The van der Waals surface area contributed by atoms with Gasteiger partial charge in [-0.05, 0) is 63.9 Å². The van der Waals surface area contributed by atoms with Gasteiger partial charge < -0.3 is 9.47 Å². The van der Waals surface area contributed by atoms with E-state index in [0.717, 1.165) is 25.8 Å². The second-order valence-corrected chi connectivity index (χ2v) is 9.19. The Balaban J connectivity index is 1.50. The minimum atomic E-state index is -0.461. The molecule has 0 heterocycles. The largest absolute Gasteiger partial charge is 0.490 e. The van der Waals surface area contributed by atoms with E-state index in [1.807, 2.05) is 110 Å². The molecule has 0 atom stereocenters. The highest BCUT2D eigenvalue weighted by molar-refractivity contribution is 14.1. The number of hydrogen-bond donors (Lipinski definition) is 1. The van der Waals surface area contributed by atoms with Crippen molar-refractivity contribution in [2.24, 2.45) is 5.10 Å². The van der Waals surface area contributed by atoms with E-state index < -0.39 is 5.92 Å². The molecule has 4 rings (SSSR count). The van der Waals surface area contributed by atoms with Crippen molar-refractivity contribution in [2.75, 3.05) is 6.61 Å². The van der Waals surface area contributed by atoms with E-state index in [0.29, 0.717) is 24.7 Å².